The van der Waals surface area contributed by atoms with Gasteiger partial charge in [-0.05, 0) is 54.4 Å². The van der Waals surface area contributed by atoms with Crippen LogP contribution in [-0.2, 0) is 11.2 Å². The van der Waals surface area contributed by atoms with E-state index in [1.165, 1.54) is 60.7 Å². The first-order valence-corrected chi connectivity index (χ1v) is 10.8. The molecule has 0 saturated carbocycles. The van der Waals surface area contributed by atoms with E-state index in [4.69, 9.17) is 21.1 Å². The van der Waals surface area contributed by atoms with Crippen molar-refractivity contribution in [2.45, 2.75) is 25.1 Å². The van der Waals surface area contributed by atoms with Gasteiger partial charge in [0, 0.05) is 35.5 Å². The number of nitrogens with one attached hydrogen (secondary N) is 1. The average Bonchev–Trinajstić information content (AvgIpc) is 2.81. The van der Waals surface area contributed by atoms with E-state index in [0.29, 0.717) is 29.0 Å². The van der Waals surface area contributed by atoms with Gasteiger partial charge in [-0.1, -0.05) is 23.7 Å². The van der Waals surface area contributed by atoms with Gasteiger partial charge in [0.05, 0.1) is 11.6 Å². The number of benzene rings is 3. The van der Waals surface area contributed by atoms with Gasteiger partial charge in [0.15, 0.2) is 6.30 Å². The van der Waals surface area contributed by atoms with Crippen LogP contribution in [0, 0.1) is 5.82 Å². The molecule has 3 aromatic rings. The molecular weight excluding hydrogens is 491 g/mol. The molecule has 1 aliphatic rings. The van der Waals surface area contributed by atoms with Crippen LogP contribution in [0.4, 0.5) is 8.78 Å². The van der Waals surface area contributed by atoms with Crippen LogP contribution in [0.5, 0.6) is 17.2 Å². The largest absolute Gasteiger partial charge is 1.00 e. The van der Waals surface area contributed by atoms with E-state index in [1.54, 1.807) is 0 Å². The van der Waals surface area contributed by atoms with E-state index in [2.05, 4.69) is 5.32 Å². The van der Waals surface area contributed by atoms with Crippen LogP contribution in [0.2, 0.25) is 5.02 Å². The zero-order valence-corrected chi connectivity index (χ0v) is 21.5. The molecule has 1 amide bonds. The second kappa shape index (κ2) is 11.9. The summed E-state index contributed by atoms with van der Waals surface area (Å²) in [5.74, 6) is -2.09. The van der Waals surface area contributed by atoms with Gasteiger partial charge in [0.2, 0.25) is 0 Å². The molecule has 6 nitrogen and oxygen atoms in total. The van der Waals surface area contributed by atoms with E-state index in [0.717, 1.165) is 0 Å². The third-order valence-corrected chi connectivity index (χ3v) is 5.64. The van der Waals surface area contributed by atoms with Crippen LogP contribution in [0.1, 0.15) is 33.8 Å². The molecule has 2 atom stereocenters. The Morgan fingerprint density at radius 2 is 1.83 bits per heavy atom. The minimum Gasteiger partial charge on any atom is -0.549 e. The Bertz CT molecular complexity index is 1210. The molecule has 35 heavy (non-hydrogen) atoms. The molecule has 1 heterocycles. The summed E-state index contributed by atoms with van der Waals surface area (Å²) in [6, 6.07) is 14.3. The number of ether oxygens (including phenoxy) is 2. The average molecular weight is 510 g/mol. The Balaban J connectivity index is 0.00000342. The molecule has 0 radical (unpaired) electrons. The number of amides is 1. The SMILES string of the molecule is O=C(NC(F)Cc1ccc(F)cc1)c1ccc(Oc2cc3c(cc2Cl)C(C(=O)[O-])CCO3)cc1.[Na+]. The molecule has 2 unspecified atom stereocenters. The number of halogens is 3. The van der Waals surface area contributed by atoms with Crippen molar-refractivity contribution in [3.8, 4) is 17.2 Å². The summed E-state index contributed by atoms with van der Waals surface area (Å²) in [6.45, 7) is 0.229. The van der Waals surface area contributed by atoms with Gasteiger partial charge >= 0.3 is 29.6 Å². The Labute approximate surface area is 227 Å². The van der Waals surface area contributed by atoms with Crippen LogP contribution in [0.3, 0.4) is 0 Å². The Morgan fingerprint density at radius 1 is 1.14 bits per heavy atom. The van der Waals surface area contributed by atoms with Crippen molar-refractivity contribution in [2.24, 2.45) is 0 Å². The maximum absolute atomic E-state index is 14.2. The first kappa shape index (κ1) is 26.9. The second-order valence-corrected chi connectivity index (χ2v) is 8.13. The van der Waals surface area contributed by atoms with E-state index in [-0.39, 0.29) is 58.9 Å². The van der Waals surface area contributed by atoms with Crippen molar-refractivity contribution in [3.63, 3.8) is 0 Å². The van der Waals surface area contributed by atoms with Crippen molar-refractivity contribution >= 4 is 23.5 Å². The number of carboxylic acids is 1. The van der Waals surface area contributed by atoms with Gasteiger partial charge in [0.1, 0.15) is 23.1 Å². The minimum atomic E-state index is -1.65. The number of carbonyl (C=O) groups is 2. The molecule has 0 saturated heterocycles. The van der Waals surface area contributed by atoms with Crippen molar-refractivity contribution in [2.75, 3.05) is 6.61 Å². The Hall–Kier alpha value is -2.65. The van der Waals surface area contributed by atoms with Gasteiger partial charge < -0.3 is 24.7 Å². The molecule has 0 bridgehead atoms. The molecule has 0 aromatic heterocycles. The van der Waals surface area contributed by atoms with Crippen molar-refractivity contribution < 1.29 is 62.5 Å². The molecule has 3 aromatic carbocycles. The van der Waals surface area contributed by atoms with Crippen LogP contribution < -0.4 is 49.5 Å². The predicted molar refractivity (Wildman–Crippen MR) is 118 cm³/mol. The van der Waals surface area contributed by atoms with Crippen molar-refractivity contribution in [1.29, 1.82) is 0 Å². The quantitative estimate of drug-likeness (QED) is 0.381. The Morgan fingerprint density at radius 3 is 2.49 bits per heavy atom. The zero-order chi connectivity index (χ0) is 24.2. The monoisotopic (exact) mass is 509 g/mol. The molecule has 0 fully saturated rings. The fourth-order valence-electron chi connectivity index (χ4n) is 3.62. The standard InChI is InChI=1S/C25H20ClF2NO5.Na/c26-20-12-19-18(25(31)32)9-10-33-21(19)13-22(20)34-17-7-3-15(4-8-17)24(30)29-23(28)11-14-1-5-16(27)6-2-14;/h1-8,12-13,18,23H,9-11H2,(H,29,30)(H,31,32);/q;+1/p-1. The smallest absolute Gasteiger partial charge is 0.549 e. The van der Waals surface area contributed by atoms with Gasteiger partial charge in [-0.15, -0.1) is 0 Å². The van der Waals surface area contributed by atoms with Crippen LogP contribution >= 0.6 is 11.6 Å². The molecule has 4 rings (SSSR count). The number of carbonyl (C=O) groups excluding carboxylic acids is 2. The van der Waals surface area contributed by atoms with E-state index in [1.807, 2.05) is 0 Å². The summed E-state index contributed by atoms with van der Waals surface area (Å²) in [4.78, 5) is 23.7. The first-order chi connectivity index (χ1) is 16.3. The normalized spacial score (nSPS) is 15.1. The topological polar surface area (TPSA) is 87.7 Å². The fourth-order valence-corrected chi connectivity index (χ4v) is 3.83. The molecule has 1 aliphatic heterocycles. The Kier molecular flexibility index (Phi) is 9.13. The molecule has 0 aliphatic carbocycles. The van der Waals surface area contributed by atoms with Crippen LogP contribution in [-0.4, -0.2) is 24.8 Å². The van der Waals surface area contributed by atoms with E-state index < -0.39 is 29.9 Å². The number of rotatable bonds is 7. The summed E-state index contributed by atoms with van der Waals surface area (Å²) in [5, 5.41) is 13.8. The first-order valence-electron chi connectivity index (χ1n) is 10.4. The van der Waals surface area contributed by atoms with Gasteiger partial charge in [-0.2, -0.15) is 0 Å². The number of aliphatic carboxylic acids is 1. The molecule has 0 spiro atoms. The summed E-state index contributed by atoms with van der Waals surface area (Å²) in [5.41, 5.74) is 1.19. The summed E-state index contributed by atoms with van der Waals surface area (Å²) in [6.07, 6.45) is -1.45. The molecular formula is C25H19ClF2NNaO5. The van der Waals surface area contributed by atoms with E-state index in [9.17, 15) is 23.5 Å². The van der Waals surface area contributed by atoms with Crippen LogP contribution in [0.25, 0.3) is 0 Å². The van der Waals surface area contributed by atoms with Gasteiger partial charge in [0.25, 0.3) is 5.91 Å². The number of carboxylic acid groups (broad SMARTS) is 1. The van der Waals surface area contributed by atoms with Crippen molar-refractivity contribution in [3.05, 3.63) is 88.2 Å². The predicted octanol–water partition coefficient (Wildman–Crippen LogP) is 1.16. The van der Waals surface area contributed by atoms with Gasteiger partial charge in [-0.25, -0.2) is 8.78 Å². The van der Waals surface area contributed by atoms with Gasteiger partial charge in [-0.3, -0.25) is 4.79 Å². The number of fused-ring (bicyclic) bond motifs is 1. The van der Waals surface area contributed by atoms with Crippen molar-refractivity contribution in [1.82, 2.24) is 5.32 Å². The second-order valence-electron chi connectivity index (χ2n) is 7.73. The number of hydrogen-bond donors (Lipinski definition) is 1. The molecule has 176 valence electrons. The van der Waals surface area contributed by atoms with E-state index >= 15 is 0 Å². The third kappa shape index (κ3) is 6.73. The van der Waals surface area contributed by atoms with Crippen LogP contribution in [0.15, 0.2) is 60.7 Å². The molecule has 1 N–H and O–H groups in total. The zero-order valence-electron chi connectivity index (χ0n) is 18.7. The number of alkyl halides is 1. The summed E-state index contributed by atoms with van der Waals surface area (Å²) >= 11 is 6.27. The maximum Gasteiger partial charge on any atom is 1.00 e. The third-order valence-electron chi connectivity index (χ3n) is 5.35. The summed E-state index contributed by atoms with van der Waals surface area (Å²) in [7, 11) is 0. The molecule has 10 heteroatoms. The maximum atomic E-state index is 14.2. The number of hydrogen-bond acceptors (Lipinski definition) is 5. The minimum absolute atomic E-state index is 0. The fraction of sp³-hybridized carbons (Fsp3) is 0.200. The summed E-state index contributed by atoms with van der Waals surface area (Å²) < 4.78 is 38.5.